The topological polar surface area (TPSA) is 86.7 Å². The smallest absolute Gasteiger partial charge is 0.271 e. The first-order chi connectivity index (χ1) is 9.56. The number of aryl methyl sites for hydroxylation is 1. The third kappa shape index (κ3) is 1.97. The van der Waals surface area contributed by atoms with E-state index >= 15 is 0 Å². The highest BCUT2D eigenvalue weighted by molar-refractivity contribution is 6.33. The molecule has 0 amide bonds. The van der Waals surface area contributed by atoms with E-state index in [1.165, 1.54) is 18.5 Å². The Kier molecular flexibility index (Phi) is 2.83. The van der Waals surface area contributed by atoms with Gasteiger partial charge in [0.1, 0.15) is 17.7 Å². The molecule has 3 rings (SSSR count). The summed E-state index contributed by atoms with van der Waals surface area (Å²) in [6, 6.07) is 6.19. The molecule has 3 aromatic rings. The first-order valence-corrected chi connectivity index (χ1v) is 6.06. The quantitative estimate of drug-likeness (QED) is 0.411. The van der Waals surface area contributed by atoms with Crippen LogP contribution in [0.5, 0.6) is 0 Å². The van der Waals surface area contributed by atoms with Crippen molar-refractivity contribution in [3.05, 3.63) is 51.7 Å². The molecule has 0 saturated carbocycles. The first kappa shape index (κ1) is 12.5. The summed E-state index contributed by atoms with van der Waals surface area (Å²) in [4.78, 5) is 22.8. The van der Waals surface area contributed by atoms with Crippen molar-refractivity contribution in [2.75, 3.05) is 0 Å². The SMILES string of the molecule is Cc1nc(Cl)c2c(ncn2-c2cccc([N+](=O)[O-])c2)n1. The van der Waals surface area contributed by atoms with Crippen molar-refractivity contribution >= 4 is 28.5 Å². The lowest BCUT2D eigenvalue weighted by atomic mass is 10.3. The Hall–Kier alpha value is -2.54. The molecule has 0 atom stereocenters. The van der Waals surface area contributed by atoms with Crippen molar-refractivity contribution in [3.8, 4) is 5.69 Å². The van der Waals surface area contributed by atoms with Crippen molar-refractivity contribution < 1.29 is 4.92 Å². The van der Waals surface area contributed by atoms with Crippen molar-refractivity contribution in [2.45, 2.75) is 6.92 Å². The second-order valence-corrected chi connectivity index (χ2v) is 4.48. The largest absolute Gasteiger partial charge is 0.294 e. The molecular formula is C12H8ClN5O2. The van der Waals surface area contributed by atoms with Crippen LogP contribution in [-0.2, 0) is 0 Å². The summed E-state index contributed by atoms with van der Waals surface area (Å²) in [6.07, 6.45) is 1.52. The standard InChI is InChI=1S/C12H8ClN5O2/c1-7-15-11(13)10-12(16-7)14-6-17(10)8-3-2-4-9(5-8)18(19)20/h2-6H,1H3. The van der Waals surface area contributed by atoms with Gasteiger partial charge in [-0.1, -0.05) is 17.7 Å². The van der Waals surface area contributed by atoms with Crippen molar-refractivity contribution in [1.82, 2.24) is 19.5 Å². The van der Waals surface area contributed by atoms with Gasteiger partial charge in [0.15, 0.2) is 10.8 Å². The van der Waals surface area contributed by atoms with Gasteiger partial charge in [0, 0.05) is 12.1 Å². The summed E-state index contributed by atoms with van der Waals surface area (Å²) in [5, 5.41) is 11.1. The number of nitro groups is 1. The highest BCUT2D eigenvalue weighted by atomic mass is 35.5. The van der Waals surface area contributed by atoms with E-state index in [1.807, 2.05) is 0 Å². The number of aromatic nitrogens is 4. The molecule has 2 heterocycles. The number of fused-ring (bicyclic) bond motifs is 1. The zero-order valence-electron chi connectivity index (χ0n) is 10.3. The van der Waals surface area contributed by atoms with Gasteiger partial charge < -0.3 is 0 Å². The normalized spacial score (nSPS) is 10.9. The summed E-state index contributed by atoms with van der Waals surface area (Å²) >= 11 is 6.12. The van der Waals surface area contributed by atoms with Crippen LogP contribution in [0, 0.1) is 17.0 Å². The lowest BCUT2D eigenvalue weighted by molar-refractivity contribution is -0.384. The monoisotopic (exact) mass is 289 g/mol. The number of halogens is 1. The molecule has 0 radical (unpaired) electrons. The van der Waals surface area contributed by atoms with Crippen molar-refractivity contribution in [3.63, 3.8) is 0 Å². The molecule has 0 saturated heterocycles. The Bertz CT molecular complexity index is 830. The Balaban J connectivity index is 2.25. The fourth-order valence-electron chi connectivity index (χ4n) is 1.94. The number of hydrogen-bond acceptors (Lipinski definition) is 5. The molecular weight excluding hydrogens is 282 g/mol. The lowest BCUT2D eigenvalue weighted by Crippen LogP contribution is -1.97. The Morgan fingerprint density at radius 2 is 2.15 bits per heavy atom. The van der Waals surface area contributed by atoms with E-state index in [-0.39, 0.29) is 10.8 Å². The molecule has 7 nitrogen and oxygen atoms in total. The van der Waals surface area contributed by atoms with Gasteiger partial charge in [0.05, 0.1) is 10.6 Å². The highest BCUT2D eigenvalue weighted by Crippen LogP contribution is 2.24. The third-order valence-corrected chi connectivity index (χ3v) is 3.05. The van der Waals surface area contributed by atoms with E-state index in [9.17, 15) is 10.1 Å². The first-order valence-electron chi connectivity index (χ1n) is 5.68. The van der Waals surface area contributed by atoms with Gasteiger partial charge in [-0.25, -0.2) is 15.0 Å². The van der Waals surface area contributed by atoms with E-state index in [1.54, 1.807) is 23.6 Å². The molecule has 1 aromatic carbocycles. The summed E-state index contributed by atoms with van der Waals surface area (Å²) in [6.45, 7) is 1.72. The summed E-state index contributed by atoms with van der Waals surface area (Å²) in [5.41, 5.74) is 1.55. The average molecular weight is 290 g/mol. The van der Waals surface area contributed by atoms with E-state index < -0.39 is 4.92 Å². The van der Waals surface area contributed by atoms with Gasteiger partial charge in [-0.2, -0.15) is 0 Å². The molecule has 8 heteroatoms. The zero-order valence-corrected chi connectivity index (χ0v) is 11.1. The fraction of sp³-hybridized carbons (Fsp3) is 0.0833. The Morgan fingerprint density at radius 1 is 1.35 bits per heavy atom. The maximum absolute atomic E-state index is 10.8. The number of non-ortho nitro benzene ring substituents is 1. The number of imidazole rings is 1. The molecule has 0 N–H and O–H groups in total. The van der Waals surface area contributed by atoms with E-state index in [2.05, 4.69) is 15.0 Å². The van der Waals surface area contributed by atoms with Crippen LogP contribution in [0.1, 0.15) is 5.82 Å². The molecule has 100 valence electrons. The Labute approximate surface area is 118 Å². The Morgan fingerprint density at radius 3 is 2.90 bits per heavy atom. The average Bonchev–Trinajstić information content (AvgIpc) is 2.82. The summed E-state index contributed by atoms with van der Waals surface area (Å²) in [7, 11) is 0. The van der Waals surface area contributed by atoms with Crippen molar-refractivity contribution in [2.24, 2.45) is 0 Å². The molecule has 2 aromatic heterocycles. The minimum absolute atomic E-state index is 0.00602. The van der Waals surface area contributed by atoms with Crippen molar-refractivity contribution in [1.29, 1.82) is 0 Å². The lowest BCUT2D eigenvalue weighted by Gasteiger charge is -2.05. The maximum Gasteiger partial charge on any atom is 0.271 e. The molecule has 0 aliphatic heterocycles. The van der Waals surface area contributed by atoms with Gasteiger partial charge in [0.25, 0.3) is 5.69 Å². The number of nitrogens with zero attached hydrogens (tertiary/aromatic N) is 5. The predicted molar refractivity (Wildman–Crippen MR) is 73.1 cm³/mol. The minimum atomic E-state index is -0.453. The van der Waals surface area contributed by atoms with E-state index in [4.69, 9.17) is 11.6 Å². The second-order valence-electron chi connectivity index (χ2n) is 4.13. The predicted octanol–water partition coefficient (Wildman–Crippen LogP) is 2.69. The molecule has 0 bridgehead atoms. The fourth-order valence-corrected chi connectivity index (χ4v) is 2.24. The molecule has 20 heavy (non-hydrogen) atoms. The van der Waals surface area contributed by atoms with Gasteiger partial charge in [-0.3, -0.25) is 14.7 Å². The molecule has 0 fully saturated rings. The van der Waals surface area contributed by atoms with Gasteiger partial charge in [-0.05, 0) is 13.0 Å². The van der Waals surface area contributed by atoms with Crippen LogP contribution in [0.3, 0.4) is 0 Å². The minimum Gasteiger partial charge on any atom is -0.294 e. The number of hydrogen-bond donors (Lipinski definition) is 0. The summed E-state index contributed by atoms with van der Waals surface area (Å²) < 4.78 is 1.63. The van der Waals surface area contributed by atoms with E-state index in [0.29, 0.717) is 22.7 Å². The molecule has 0 unspecified atom stereocenters. The highest BCUT2D eigenvalue weighted by Gasteiger charge is 2.14. The zero-order chi connectivity index (χ0) is 14.3. The van der Waals surface area contributed by atoms with E-state index in [0.717, 1.165) is 0 Å². The molecule has 0 spiro atoms. The van der Waals surface area contributed by atoms with Gasteiger partial charge >= 0.3 is 0 Å². The molecule has 0 aliphatic carbocycles. The van der Waals surface area contributed by atoms with Gasteiger partial charge in [0.2, 0.25) is 0 Å². The summed E-state index contributed by atoms with van der Waals surface area (Å²) in [5.74, 6) is 0.520. The van der Waals surface area contributed by atoms with Crippen LogP contribution in [0.2, 0.25) is 5.15 Å². The van der Waals surface area contributed by atoms with Crippen LogP contribution < -0.4 is 0 Å². The number of rotatable bonds is 2. The van der Waals surface area contributed by atoms with Gasteiger partial charge in [-0.15, -0.1) is 0 Å². The van der Waals surface area contributed by atoms with Crippen LogP contribution in [0.15, 0.2) is 30.6 Å². The van der Waals surface area contributed by atoms with Crippen LogP contribution in [-0.4, -0.2) is 24.4 Å². The van der Waals surface area contributed by atoms with Crippen LogP contribution in [0.25, 0.3) is 16.9 Å². The third-order valence-electron chi connectivity index (χ3n) is 2.79. The maximum atomic E-state index is 10.8. The second kappa shape index (κ2) is 4.53. The van der Waals surface area contributed by atoms with Crippen LogP contribution >= 0.6 is 11.6 Å². The van der Waals surface area contributed by atoms with Crippen LogP contribution in [0.4, 0.5) is 5.69 Å². The number of benzene rings is 1. The molecule has 0 aliphatic rings. The number of nitro benzene ring substituents is 1.